The fourth-order valence-electron chi connectivity index (χ4n) is 4.82. The van der Waals surface area contributed by atoms with Crippen molar-refractivity contribution in [2.24, 2.45) is 0 Å². The summed E-state index contributed by atoms with van der Waals surface area (Å²) in [4.78, 5) is 26.6. The van der Waals surface area contributed by atoms with Gasteiger partial charge in [0.1, 0.15) is 5.65 Å². The Balaban J connectivity index is 1.42. The second-order valence-electron chi connectivity index (χ2n) is 9.45. The van der Waals surface area contributed by atoms with Crippen molar-refractivity contribution in [3.63, 3.8) is 0 Å². The third kappa shape index (κ3) is 4.17. The van der Waals surface area contributed by atoms with Gasteiger partial charge in [-0.2, -0.15) is 0 Å². The monoisotopic (exact) mass is 453 g/mol. The Morgan fingerprint density at radius 3 is 2.38 bits per heavy atom. The number of nitrogens with zero attached hydrogens (tertiary/aromatic N) is 4. The number of fused-ring (bicyclic) bond motifs is 1. The first-order chi connectivity index (χ1) is 16.4. The molecule has 0 unspecified atom stereocenters. The fraction of sp³-hybridized carbons (Fsp3) is 0.286. The van der Waals surface area contributed by atoms with Crippen LogP contribution in [-0.4, -0.2) is 72.5 Å². The molecule has 0 aliphatic carbocycles. The van der Waals surface area contributed by atoms with E-state index in [1.807, 2.05) is 36.7 Å². The van der Waals surface area contributed by atoms with E-state index in [1.54, 1.807) is 19.0 Å². The smallest absolute Gasteiger partial charge is 0.253 e. The van der Waals surface area contributed by atoms with E-state index in [4.69, 9.17) is 0 Å². The molecule has 0 spiro atoms. The number of aromatic amines is 1. The minimum absolute atomic E-state index is 0.00356. The fourth-order valence-corrected chi connectivity index (χ4v) is 4.82. The number of rotatable bonds is 4. The number of aromatic nitrogens is 2. The molecule has 0 bridgehead atoms. The molecule has 0 saturated carbocycles. The molecule has 3 heterocycles. The Labute approximate surface area is 200 Å². The summed E-state index contributed by atoms with van der Waals surface area (Å²) in [6.07, 6.45) is 3.91. The molecule has 6 nitrogen and oxygen atoms in total. The predicted octanol–water partition coefficient (Wildman–Crippen LogP) is 4.74. The molecule has 1 fully saturated rings. The van der Waals surface area contributed by atoms with E-state index in [-0.39, 0.29) is 5.91 Å². The number of benzene rings is 2. The van der Waals surface area contributed by atoms with Crippen molar-refractivity contribution in [3.8, 4) is 22.3 Å². The van der Waals surface area contributed by atoms with Crippen LogP contribution in [0.25, 0.3) is 33.3 Å². The first-order valence-corrected chi connectivity index (χ1v) is 11.8. The number of piperazine rings is 1. The number of nitrogens with one attached hydrogen (secondary N) is 1. The molecule has 1 aliphatic rings. The first-order valence-electron chi connectivity index (χ1n) is 11.8. The molecule has 1 atom stereocenters. The Morgan fingerprint density at radius 2 is 1.71 bits per heavy atom. The maximum absolute atomic E-state index is 12.2. The van der Waals surface area contributed by atoms with Crippen LogP contribution in [-0.2, 0) is 0 Å². The van der Waals surface area contributed by atoms with Crippen molar-refractivity contribution in [1.29, 1.82) is 0 Å². The number of likely N-dealkylation sites (N-methyl/N-ethyl adjacent to an activating group) is 1. The normalized spacial score (nSPS) is 16.7. The minimum atomic E-state index is 0.00356. The van der Waals surface area contributed by atoms with Gasteiger partial charge in [-0.25, -0.2) is 4.98 Å². The Kier molecular flexibility index (Phi) is 5.84. The number of carbonyl (C=O) groups is 1. The molecular formula is C28H31N5O. The van der Waals surface area contributed by atoms with Gasteiger partial charge in [0.15, 0.2) is 0 Å². The van der Waals surface area contributed by atoms with Crippen LogP contribution >= 0.6 is 0 Å². The lowest BCUT2D eigenvalue weighted by Crippen LogP contribution is -2.50. The van der Waals surface area contributed by atoms with Crippen LogP contribution in [0.15, 0.2) is 67.0 Å². The van der Waals surface area contributed by atoms with Gasteiger partial charge in [-0.1, -0.05) is 24.3 Å². The maximum atomic E-state index is 12.2. The van der Waals surface area contributed by atoms with Crippen molar-refractivity contribution < 1.29 is 4.79 Å². The second kappa shape index (κ2) is 8.95. The van der Waals surface area contributed by atoms with Crippen molar-refractivity contribution >= 4 is 22.6 Å². The van der Waals surface area contributed by atoms with Crippen molar-refractivity contribution in [2.45, 2.75) is 13.0 Å². The van der Waals surface area contributed by atoms with Crippen LogP contribution in [0, 0.1) is 0 Å². The van der Waals surface area contributed by atoms with Gasteiger partial charge in [0.2, 0.25) is 0 Å². The molecule has 5 rings (SSSR count). The first kappa shape index (κ1) is 22.2. The van der Waals surface area contributed by atoms with Crippen molar-refractivity contribution in [3.05, 3.63) is 72.6 Å². The molecule has 174 valence electrons. The Morgan fingerprint density at radius 1 is 1.00 bits per heavy atom. The summed E-state index contributed by atoms with van der Waals surface area (Å²) in [6.45, 7) is 5.52. The zero-order valence-corrected chi connectivity index (χ0v) is 20.2. The average Bonchev–Trinajstić information content (AvgIpc) is 3.27. The molecule has 34 heavy (non-hydrogen) atoms. The van der Waals surface area contributed by atoms with E-state index in [9.17, 15) is 4.79 Å². The summed E-state index contributed by atoms with van der Waals surface area (Å²) >= 11 is 0. The molecule has 1 aliphatic heterocycles. The molecule has 1 N–H and O–H groups in total. The van der Waals surface area contributed by atoms with E-state index in [0.717, 1.165) is 52.9 Å². The number of pyridine rings is 1. The Bertz CT molecular complexity index is 1310. The molecule has 0 radical (unpaired) electrons. The number of anilines is 1. The third-order valence-electron chi connectivity index (χ3n) is 6.74. The van der Waals surface area contributed by atoms with Gasteiger partial charge in [0, 0.05) is 79.9 Å². The molecule has 1 amide bonds. The number of carbonyl (C=O) groups excluding carboxylic acids is 1. The lowest BCUT2D eigenvalue weighted by atomic mass is 10.0. The lowest BCUT2D eigenvalue weighted by molar-refractivity contribution is 0.0827. The topological polar surface area (TPSA) is 55.5 Å². The molecular weight excluding hydrogens is 422 g/mol. The standard InChI is InChI=1S/C28H31N5O/c1-19-18-32(4)13-14-33(19)24-11-9-20(10-12-24)23-15-25-26(17-30-27(25)29-16-23)21-5-7-22(8-6-21)28(34)31(2)3/h5-12,15-17,19H,13-14,18H2,1-4H3,(H,29,30)/t19-/m1/s1. The highest BCUT2D eigenvalue weighted by Gasteiger charge is 2.21. The van der Waals surface area contributed by atoms with Gasteiger partial charge in [-0.05, 0) is 55.4 Å². The van der Waals surface area contributed by atoms with Gasteiger partial charge >= 0.3 is 0 Å². The van der Waals surface area contributed by atoms with E-state index in [2.05, 4.69) is 64.1 Å². The summed E-state index contributed by atoms with van der Waals surface area (Å²) in [6, 6.07) is 19.3. The van der Waals surface area contributed by atoms with Crippen LogP contribution in [0.5, 0.6) is 0 Å². The number of amides is 1. The summed E-state index contributed by atoms with van der Waals surface area (Å²) in [5.41, 5.74) is 7.19. The number of hydrogen-bond acceptors (Lipinski definition) is 4. The van der Waals surface area contributed by atoms with E-state index >= 15 is 0 Å². The van der Waals surface area contributed by atoms with Gasteiger partial charge in [0.05, 0.1) is 0 Å². The number of hydrogen-bond donors (Lipinski definition) is 1. The van der Waals surface area contributed by atoms with Gasteiger partial charge in [0.25, 0.3) is 5.91 Å². The van der Waals surface area contributed by atoms with E-state index in [0.29, 0.717) is 11.6 Å². The highest BCUT2D eigenvalue weighted by atomic mass is 16.2. The molecule has 2 aromatic heterocycles. The molecule has 6 heteroatoms. The van der Waals surface area contributed by atoms with Crippen LogP contribution in [0.4, 0.5) is 5.69 Å². The Hall–Kier alpha value is -3.64. The maximum Gasteiger partial charge on any atom is 0.253 e. The summed E-state index contributed by atoms with van der Waals surface area (Å²) in [5, 5.41) is 1.07. The molecule has 1 saturated heterocycles. The minimum Gasteiger partial charge on any atom is -0.366 e. The van der Waals surface area contributed by atoms with Crippen LogP contribution in [0.2, 0.25) is 0 Å². The van der Waals surface area contributed by atoms with Gasteiger partial charge in [-0.15, -0.1) is 0 Å². The van der Waals surface area contributed by atoms with E-state index < -0.39 is 0 Å². The van der Waals surface area contributed by atoms with Crippen molar-refractivity contribution in [1.82, 2.24) is 19.8 Å². The van der Waals surface area contributed by atoms with Gasteiger partial charge < -0.3 is 19.7 Å². The van der Waals surface area contributed by atoms with E-state index in [1.165, 1.54) is 5.69 Å². The summed E-state index contributed by atoms with van der Waals surface area (Å²) < 4.78 is 0. The molecule has 4 aromatic rings. The summed E-state index contributed by atoms with van der Waals surface area (Å²) in [5.74, 6) is 0.00356. The lowest BCUT2D eigenvalue weighted by Gasteiger charge is -2.39. The predicted molar refractivity (Wildman–Crippen MR) is 139 cm³/mol. The summed E-state index contributed by atoms with van der Waals surface area (Å²) in [7, 11) is 5.72. The second-order valence-corrected chi connectivity index (χ2v) is 9.45. The average molecular weight is 454 g/mol. The largest absolute Gasteiger partial charge is 0.366 e. The quantitative estimate of drug-likeness (QED) is 0.485. The highest BCUT2D eigenvalue weighted by Crippen LogP contribution is 2.32. The van der Waals surface area contributed by atoms with Gasteiger partial charge in [-0.3, -0.25) is 4.79 Å². The molecule has 2 aromatic carbocycles. The third-order valence-corrected chi connectivity index (χ3v) is 6.74. The van der Waals surface area contributed by atoms with Crippen LogP contribution in [0.3, 0.4) is 0 Å². The van der Waals surface area contributed by atoms with Crippen LogP contribution < -0.4 is 4.90 Å². The zero-order valence-electron chi connectivity index (χ0n) is 20.2. The van der Waals surface area contributed by atoms with Crippen molar-refractivity contribution in [2.75, 3.05) is 45.7 Å². The zero-order chi connectivity index (χ0) is 23.8. The SMILES string of the molecule is C[C@@H]1CN(C)CCN1c1ccc(-c2cnc3[nH]cc(-c4ccc(C(=O)N(C)C)cc4)c3c2)cc1. The number of H-pyrrole nitrogens is 1. The van der Waals surface area contributed by atoms with Crippen LogP contribution in [0.1, 0.15) is 17.3 Å². The highest BCUT2D eigenvalue weighted by molar-refractivity contribution is 5.98.